The van der Waals surface area contributed by atoms with Gasteiger partial charge < -0.3 is 10.4 Å². The zero-order valence-electron chi connectivity index (χ0n) is 9.88. The lowest BCUT2D eigenvalue weighted by molar-refractivity contribution is -0.137. The molecule has 0 heterocycles. The maximum absolute atomic E-state index is 13.2. The van der Waals surface area contributed by atoms with Gasteiger partial charge in [-0.15, -0.1) is 0 Å². The van der Waals surface area contributed by atoms with E-state index < -0.39 is 35.0 Å². The van der Waals surface area contributed by atoms with Gasteiger partial charge in [-0.2, -0.15) is 0 Å². The second-order valence-electron chi connectivity index (χ2n) is 3.90. The highest BCUT2D eigenvalue weighted by atomic mass is 19.2. The second-order valence-corrected chi connectivity index (χ2v) is 3.90. The summed E-state index contributed by atoms with van der Waals surface area (Å²) >= 11 is 0. The molecule has 0 aliphatic heterocycles. The minimum absolute atomic E-state index is 0.0221. The van der Waals surface area contributed by atoms with E-state index in [0.29, 0.717) is 25.0 Å². The number of nitrogens with one attached hydrogen (secondary N) is 1. The van der Waals surface area contributed by atoms with Crippen molar-refractivity contribution in [1.82, 2.24) is 0 Å². The zero-order valence-corrected chi connectivity index (χ0v) is 9.88. The van der Waals surface area contributed by atoms with Crippen molar-refractivity contribution >= 4 is 17.6 Å². The first-order valence-electron chi connectivity index (χ1n) is 5.56. The van der Waals surface area contributed by atoms with Crippen LogP contribution in [0.1, 0.15) is 25.7 Å². The van der Waals surface area contributed by atoms with Crippen molar-refractivity contribution in [1.29, 1.82) is 0 Å². The fraction of sp³-hybridized carbons (Fsp3) is 0.333. The molecule has 0 aliphatic carbocycles. The van der Waals surface area contributed by atoms with E-state index in [1.807, 2.05) is 0 Å². The molecule has 0 aliphatic rings. The van der Waals surface area contributed by atoms with Crippen molar-refractivity contribution in [3.8, 4) is 0 Å². The molecule has 1 aromatic carbocycles. The molecule has 0 aromatic heterocycles. The van der Waals surface area contributed by atoms with Crippen molar-refractivity contribution in [2.75, 3.05) is 5.32 Å². The van der Waals surface area contributed by atoms with Crippen LogP contribution in [-0.2, 0) is 9.59 Å². The van der Waals surface area contributed by atoms with Crippen LogP contribution in [0.15, 0.2) is 12.1 Å². The van der Waals surface area contributed by atoms with Crippen LogP contribution in [-0.4, -0.2) is 17.0 Å². The Morgan fingerprint density at radius 2 is 1.58 bits per heavy atom. The lowest BCUT2D eigenvalue weighted by Gasteiger charge is -2.06. The molecule has 0 spiro atoms. The Balaban J connectivity index is 2.48. The van der Waals surface area contributed by atoms with Crippen LogP contribution in [0.4, 0.5) is 18.9 Å². The third kappa shape index (κ3) is 4.99. The topological polar surface area (TPSA) is 66.4 Å². The SMILES string of the molecule is O=C(O)CCCCC(=O)Nc1cc(F)c(F)cc1F. The number of carboxylic acids is 1. The second kappa shape index (κ2) is 6.77. The molecular weight excluding hydrogens is 263 g/mol. The summed E-state index contributed by atoms with van der Waals surface area (Å²) in [6.45, 7) is 0. The van der Waals surface area contributed by atoms with Crippen LogP contribution in [0, 0.1) is 17.5 Å². The average Bonchev–Trinajstić information content (AvgIpc) is 2.31. The number of unbranched alkanes of at least 4 members (excludes halogenated alkanes) is 1. The summed E-state index contributed by atoms with van der Waals surface area (Å²) in [5.74, 6) is -5.22. The number of aliphatic carboxylic acids is 1. The van der Waals surface area contributed by atoms with Gasteiger partial charge in [0.1, 0.15) is 5.82 Å². The number of anilines is 1. The van der Waals surface area contributed by atoms with Crippen LogP contribution >= 0.6 is 0 Å². The number of hydrogen-bond donors (Lipinski definition) is 2. The zero-order chi connectivity index (χ0) is 14.4. The van der Waals surface area contributed by atoms with Gasteiger partial charge in [-0.25, -0.2) is 13.2 Å². The van der Waals surface area contributed by atoms with Crippen LogP contribution in [0.5, 0.6) is 0 Å². The highest BCUT2D eigenvalue weighted by Crippen LogP contribution is 2.18. The molecule has 2 N–H and O–H groups in total. The third-order valence-electron chi connectivity index (χ3n) is 2.33. The standard InChI is InChI=1S/C12H12F3NO3/c13-7-5-9(15)10(6-8(7)14)16-11(17)3-1-2-4-12(18)19/h5-6H,1-4H2,(H,16,17)(H,18,19). The first kappa shape index (κ1) is 15.0. The number of carboxylic acid groups (broad SMARTS) is 1. The van der Waals surface area contributed by atoms with Crippen molar-refractivity contribution in [3.05, 3.63) is 29.6 Å². The van der Waals surface area contributed by atoms with E-state index in [1.54, 1.807) is 0 Å². The first-order chi connectivity index (χ1) is 8.90. The Hall–Kier alpha value is -2.05. The monoisotopic (exact) mass is 275 g/mol. The molecular formula is C12H12F3NO3. The van der Waals surface area contributed by atoms with E-state index in [0.717, 1.165) is 0 Å². The molecule has 1 amide bonds. The number of carbonyl (C=O) groups is 2. The number of amides is 1. The summed E-state index contributed by atoms with van der Waals surface area (Å²) < 4.78 is 38.7. The molecule has 0 unspecified atom stereocenters. The lowest BCUT2D eigenvalue weighted by Crippen LogP contribution is -2.13. The molecule has 0 saturated heterocycles. The molecule has 0 saturated carbocycles. The Bertz CT molecular complexity index is 491. The Morgan fingerprint density at radius 3 is 2.21 bits per heavy atom. The summed E-state index contributed by atoms with van der Waals surface area (Å²) in [5, 5.41) is 10.5. The molecule has 4 nitrogen and oxygen atoms in total. The number of carbonyl (C=O) groups excluding carboxylic acids is 1. The molecule has 0 bridgehead atoms. The normalized spacial score (nSPS) is 10.3. The number of hydrogen-bond acceptors (Lipinski definition) is 2. The smallest absolute Gasteiger partial charge is 0.303 e. The lowest BCUT2D eigenvalue weighted by atomic mass is 10.2. The van der Waals surface area contributed by atoms with Gasteiger partial charge in [0.05, 0.1) is 5.69 Å². The van der Waals surface area contributed by atoms with Gasteiger partial charge in [-0.1, -0.05) is 0 Å². The first-order valence-corrected chi connectivity index (χ1v) is 5.56. The fourth-order valence-electron chi connectivity index (χ4n) is 1.39. The molecule has 0 radical (unpaired) electrons. The predicted molar refractivity (Wildman–Crippen MR) is 61.0 cm³/mol. The van der Waals surface area contributed by atoms with Gasteiger partial charge in [0.25, 0.3) is 0 Å². The Labute approximate surface area is 107 Å². The average molecular weight is 275 g/mol. The van der Waals surface area contributed by atoms with Crippen molar-refractivity contribution in [3.63, 3.8) is 0 Å². The summed E-state index contributed by atoms with van der Waals surface area (Å²) in [5.41, 5.74) is -0.442. The van der Waals surface area contributed by atoms with Crippen LogP contribution < -0.4 is 5.32 Å². The van der Waals surface area contributed by atoms with Gasteiger partial charge in [-0.05, 0) is 12.8 Å². The summed E-state index contributed by atoms with van der Waals surface area (Å²) in [6, 6.07) is 0.898. The Morgan fingerprint density at radius 1 is 1.00 bits per heavy atom. The van der Waals surface area contributed by atoms with Gasteiger partial charge in [0.2, 0.25) is 5.91 Å². The van der Waals surface area contributed by atoms with E-state index >= 15 is 0 Å². The van der Waals surface area contributed by atoms with Crippen molar-refractivity contribution in [2.45, 2.75) is 25.7 Å². The maximum atomic E-state index is 13.2. The van der Waals surface area contributed by atoms with E-state index in [-0.39, 0.29) is 12.8 Å². The largest absolute Gasteiger partial charge is 0.481 e. The number of rotatable bonds is 6. The summed E-state index contributed by atoms with van der Waals surface area (Å²) in [7, 11) is 0. The molecule has 0 atom stereocenters. The highest BCUT2D eigenvalue weighted by molar-refractivity contribution is 5.90. The Kier molecular flexibility index (Phi) is 5.35. The minimum Gasteiger partial charge on any atom is -0.481 e. The van der Waals surface area contributed by atoms with Crippen LogP contribution in [0.25, 0.3) is 0 Å². The molecule has 1 aromatic rings. The van der Waals surface area contributed by atoms with Crippen LogP contribution in [0.2, 0.25) is 0 Å². The molecule has 1 rings (SSSR count). The van der Waals surface area contributed by atoms with Crippen molar-refractivity contribution in [2.24, 2.45) is 0 Å². The van der Waals surface area contributed by atoms with Gasteiger partial charge in [-0.3, -0.25) is 9.59 Å². The predicted octanol–water partition coefficient (Wildman–Crippen LogP) is 2.69. The quantitative estimate of drug-likeness (QED) is 0.619. The summed E-state index contributed by atoms with van der Waals surface area (Å²) in [6.07, 6.45) is 0.533. The van der Waals surface area contributed by atoms with Gasteiger partial charge in [0.15, 0.2) is 11.6 Å². The molecule has 7 heteroatoms. The van der Waals surface area contributed by atoms with E-state index in [1.165, 1.54) is 0 Å². The number of benzene rings is 1. The number of halogens is 3. The van der Waals surface area contributed by atoms with E-state index in [2.05, 4.69) is 5.32 Å². The summed E-state index contributed by atoms with van der Waals surface area (Å²) in [4.78, 5) is 21.6. The maximum Gasteiger partial charge on any atom is 0.303 e. The molecule has 0 fully saturated rings. The minimum atomic E-state index is -1.34. The molecule has 104 valence electrons. The fourth-order valence-corrected chi connectivity index (χ4v) is 1.39. The highest BCUT2D eigenvalue weighted by Gasteiger charge is 2.12. The van der Waals surface area contributed by atoms with Gasteiger partial charge in [0, 0.05) is 25.0 Å². The third-order valence-corrected chi connectivity index (χ3v) is 2.33. The molecule has 19 heavy (non-hydrogen) atoms. The van der Waals surface area contributed by atoms with Crippen molar-refractivity contribution < 1.29 is 27.9 Å². The van der Waals surface area contributed by atoms with Crippen LogP contribution in [0.3, 0.4) is 0 Å². The van der Waals surface area contributed by atoms with Gasteiger partial charge >= 0.3 is 5.97 Å². The van der Waals surface area contributed by atoms with E-state index in [4.69, 9.17) is 5.11 Å². The van der Waals surface area contributed by atoms with E-state index in [9.17, 15) is 22.8 Å².